The van der Waals surface area contributed by atoms with Gasteiger partial charge in [-0.3, -0.25) is 9.55 Å². The number of nitrogens with zero attached hydrogens (tertiary/aromatic N) is 3. The minimum Gasteiger partial charge on any atom is -0.478 e. The van der Waals surface area contributed by atoms with Gasteiger partial charge in [-0.15, -0.1) is 0 Å². The van der Waals surface area contributed by atoms with Crippen LogP contribution in [0, 0.1) is 0 Å². The van der Waals surface area contributed by atoms with Gasteiger partial charge >= 0.3 is 11.7 Å². The summed E-state index contributed by atoms with van der Waals surface area (Å²) in [5.74, 6) is -1.01. The Hall–Kier alpha value is -3.74. The number of carbonyl (C=O) groups is 1. The molecule has 0 unspecified atom stereocenters. The molecule has 26 heavy (non-hydrogen) atoms. The molecule has 0 atom stereocenters. The number of carboxylic acids is 1. The molecule has 0 spiro atoms. The lowest BCUT2D eigenvalue weighted by Gasteiger charge is -2.05. The summed E-state index contributed by atoms with van der Waals surface area (Å²) in [4.78, 5) is 35.0. The third-order valence-electron chi connectivity index (χ3n) is 4.07. The molecule has 2 heterocycles. The van der Waals surface area contributed by atoms with Crippen molar-refractivity contribution in [3.05, 3.63) is 82.4 Å². The van der Waals surface area contributed by atoms with Crippen molar-refractivity contribution in [2.75, 3.05) is 0 Å². The molecule has 0 saturated heterocycles. The van der Waals surface area contributed by atoms with Gasteiger partial charge in [-0.1, -0.05) is 42.5 Å². The van der Waals surface area contributed by atoms with Crippen molar-refractivity contribution in [1.29, 1.82) is 0 Å². The quantitative estimate of drug-likeness (QED) is 0.591. The van der Waals surface area contributed by atoms with Crippen LogP contribution in [0.1, 0.15) is 15.9 Å². The summed E-state index contributed by atoms with van der Waals surface area (Å²) in [6.07, 6.45) is 1.52. The smallest absolute Gasteiger partial charge is 0.335 e. The zero-order valence-electron chi connectivity index (χ0n) is 13.6. The third-order valence-corrected chi connectivity index (χ3v) is 4.07. The van der Waals surface area contributed by atoms with Crippen LogP contribution in [0.2, 0.25) is 0 Å². The largest absolute Gasteiger partial charge is 0.478 e. The van der Waals surface area contributed by atoms with Crippen LogP contribution in [-0.4, -0.2) is 30.6 Å². The number of aromatic nitrogens is 4. The van der Waals surface area contributed by atoms with E-state index in [1.807, 2.05) is 30.3 Å². The molecule has 0 radical (unpaired) electrons. The van der Waals surface area contributed by atoms with E-state index in [4.69, 9.17) is 5.11 Å². The number of aromatic carboxylic acids is 1. The Bertz CT molecular complexity index is 1160. The van der Waals surface area contributed by atoms with Crippen molar-refractivity contribution in [2.24, 2.45) is 0 Å². The highest BCUT2D eigenvalue weighted by Gasteiger charge is 2.12. The maximum absolute atomic E-state index is 12.3. The number of hydrogen-bond acceptors (Lipinski definition) is 4. The van der Waals surface area contributed by atoms with E-state index in [-0.39, 0.29) is 11.3 Å². The van der Waals surface area contributed by atoms with Gasteiger partial charge in [0, 0.05) is 5.56 Å². The third kappa shape index (κ3) is 2.86. The van der Waals surface area contributed by atoms with Crippen molar-refractivity contribution in [3.63, 3.8) is 0 Å². The second kappa shape index (κ2) is 6.29. The van der Waals surface area contributed by atoms with E-state index >= 15 is 0 Å². The molecule has 0 aliphatic rings. The number of hydrogen-bond donors (Lipinski definition) is 2. The van der Waals surface area contributed by atoms with Crippen molar-refractivity contribution in [1.82, 2.24) is 19.5 Å². The van der Waals surface area contributed by atoms with Crippen molar-refractivity contribution in [3.8, 4) is 11.3 Å². The van der Waals surface area contributed by atoms with Crippen LogP contribution in [0.15, 0.2) is 65.6 Å². The van der Waals surface area contributed by atoms with Gasteiger partial charge in [0.15, 0.2) is 11.3 Å². The van der Waals surface area contributed by atoms with E-state index in [1.54, 1.807) is 12.1 Å². The Morgan fingerprint density at radius 1 is 1.12 bits per heavy atom. The molecule has 2 aromatic carbocycles. The molecule has 0 aliphatic heterocycles. The Morgan fingerprint density at radius 3 is 2.69 bits per heavy atom. The standard InChI is InChI=1S/C19H14N4O3/c24-18(25)14-8-4-7-13(9-14)15-10-20-16-17(21-15)23(19(26)22-16)11-12-5-2-1-3-6-12/h1-10H,11H2,(H,24,25)(H,20,22,26). The van der Waals surface area contributed by atoms with E-state index in [9.17, 15) is 9.59 Å². The molecular weight excluding hydrogens is 332 g/mol. The first-order valence-electron chi connectivity index (χ1n) is 7.95. The van der Waals surface area contributed by atoms with Crippen LogP contribution in [0.25, 0.3) is 22.6 Å². The fraction of sp³-hybridized carbons (Fsp3) is 0.0526. The maximum atomic E-state index is 12.3. The van der Waals surface area contributed by atoms with Crippen molar-refractivity contribution >= 4 is 17.3 Å². The molecule has 0 amide bonds. The minimum atomic E-state index is -1.01. The monoisotopic (exact) mass is 346 g/mol. The number of fused-ring (bicyclic) bond motifs is 1. The molecule has 4 rings (SSSR count). The molecule has 4 aromatic rings. The summed E-state index contributed by atoms with van der Waals surface area (Å²) in [6, 6.07) is 16.0. The highest BCUT2D eigenvalue weighted by atomic mass is 16.4. The number of rotatable bonds is 4. The zero-order chi connectivity index (χ0) is 18.1. The van der Waals surface area contributed by atoms with Crippen LogP contribution in [0.4, 0.5) is 0 Å². The predicted molar refractivity (Wildman–Crippen MR) is 96.1 cm³/mol. The first-order chi connectivity index (χ1) is 12.6. The number of H-pyrrole nitrogens is 1. The van der Waals surface area contributed by atoms with Gasteiger partial charge in [-0.25, -0.2) is 19.6 Å². The number of nitrogens with one attached hydrogen (secondary N) is 1. The second-order valence-corrected chi connectivity index (χ2v) is 5.82. The SMILES string of the molecule is O=C(O)c1cccc(-c2cnc3[nH]c(=O)n(Cc4ccccc4)c3n2)c1. The average molecular weight is 346 g/mol. The van der Waals surface area contributed by atoms with E-state index in [1.165, 1.54) is 22.9 Å². The van der Waals surface area contributed by atoms with Gasteiger partial charge in [0.1, 0.15) is 0 Å². The minimum absolute atomic E-state index is 0.167. The Morgan fingerprint density at radius 2 is 1.92 bits per heavy atom. The highest BCUT2D eigenvalue weighted by Crippen LogP contribution is 2.20. The van der Waals surface area contributed by atoms with Crippen molar-refractivity contribution in [2.45, 2.75) is 6.54 Å². The van der Waals surface area contributed by atoms with E-state index in [0.29, 0.717) is 29.1 Å². The number of aromatic amines is 1. The first kappa shape index (κ1) is 15.8. The predicted octanol–water partition coefficient (Wildman–Crippen LogP) is 2.53. The maximum Gasteiger partial charge on any atom is 0.335 e. The molecular formula is C19H14N4O3. The summed E-state index contributed by atoms with van der Waals surface area (Å²) >= 11 is 0. The Labute approximate surface area is 147 Å². The average Bonchev–Trinajstić information content (AvgIpc) is 2.97. The molecule has 0 saturated carbocycles. The normalized spacial score (nSPS) is 10.9. The fourth-order valence-corrected chi connectivity index (χ4v) is 2.78. The molecule has 2 N–H and O–H groups in total. The highest BCUT2D eigenvalue weighted by molar-refractivity contribution is 5.89. The second-order valence-electron chi connectivity index (χ2n) is 5.82. The fourth-order valence-electron chi connectivity index (χ4n) is 2.78. The lowest BCUT2D eigenvalue weighted by atomic mass is 10.1. The van der Waals surface area contributed by atoms with Crippen LogP contribution >= 0.6 is 0 Å². The number of benzene rings is 2. The molecule has 0 fully saturated rings. The summed E-state index contributed by atoms with van der Waals surface area (Å²) in [5, 5.41) is 9.15. The van der Waals surface area contributed by atoms with Gasteiger partial charge in [0.25, 0.3) is 0 Å². The molecule has 7 heteroatoms. The van der Waals surface area contributed by atoms with Crippen LogP contribution in [0.5, 0.6) is 0 Å². The summed E-state index contributed by atoms with van der Waals surface area (Å²) < 4.78 is 1.52. The van der Waals surface area contributed by atoms with Gasteiger partial charge in [-0.05, 0) is 17.7 Å². The topological polar surface area (TPSA) is 101 Å². The molecule has 128 valence electrons. The number of carboxylic acid groups (broad SMARTS) is 1. The van der Waals surface area contributed by atoms with Crippen LogP contribution < -0.4 is 5.69 Å². The van der Waals surface area contributed by atoms with E-state index in [0.717, 1.165) is 5.56 Å². The first-order valence-corrected chi connectivity index (χ1v) is 7.95. The Kier molecular flexibility index (Phi) is 3.81. The van der Waals surface area contributed by atoms with Gasteiger partial charge in [-0.2, -0.15) is 0 Å². The van der Waals surface area contributed by atoms with Crippen molar-refractivity contribution < 1.29 is 9.90 Å². The molecule has 0 aliphatic carbocycles. The van der Waals surface area contributed by atoms with E-state index < -0.39 is 5.97 Å². The van der Waals surface area contributed by atoms with Gasteiger partial charge < -0.3 is 5.11 Å². The summed E-state index contributed by atoms with van der Waals surface area (Å²) in [6.45, 7) is 0.368. The zero-order valence-corrected chi connectivity index (χ0v) is 13.6. The Balaban J connectivity index is 1.82. The lowest BCUT2D eigenvalue weighted by Crippen LogP contribution is -2.17. The summed E-state index contributed by atoms with van der Waals surface area (Å²) in [7, 11) is 0. The van der Waals surface area contributed by atoms with E-state index in [2.05, 4.69) is 15.0 Å². The lowest BCUT2D eigenvalue weighted by molar-refractivity contribution is 0.0697. The van der Waals surface area contributed by atoms with Crippen LogP contribution in [0.3, 0.4) is 0 Å². The molecule has 2 aromatic heterocycles. The summed E-state index contributed by atoms with van der Waals surface area (Å²) in [5.41, 5.74) is 2.79. The molecule has 7 nitrogen and oxygen atoms in total. The van der Waals surface area contributed by atoms with Gasteiger partial charge in [0.05, 0.1) is 24.0 Å². The van der Waals surface area contributed by atoms with Crippen LogP contribution in [-0.2, 0) is 6.54 Å². The van der Waals surface area contributed by atoms with Gasteiger partial charge in [0.2, 0.25) is 0 Å². The molecule has 0 bridgehead atoms. The number of imidazole rings is 1.